The van der Waals surface area contributed by atoms with Gasteiger partial charge in [-0.05, 0) is 34.9 Å². The van der Waals surface area contributed by atoms with Crippen LogP contribution in [0.15, 0.2) is 23.6 Å². The minimum Gasteiger partial charge on any atom is -0.476 e. The van der Waals surface area contributed by atoms with Gasteiger partial charge in [-0.2, -0.15) is 0 Å². The van der Waals surface area contributed by atoms with Crippen molar-refractivity contribution >= 4 is 39.0 Å². The lowest BCUT2D eigenvalue weighted by Gasteiger charge is -2.09. The summed E-state index contributed by atoms with van der Waals surface area (Å²) in [6.45, 7) is 2.42. The van der Waals surface area contributed by atoms with E-state index in [1.54, 1.807) is 10.6 Å². The van der Waals surface area contributed by atoms with Crippen LogP contribution in [0.25, 0.3) is 10.1 Å². The van der Waals surface area contributed by atoms with Crippen molar-refractivity contribution in [2.24, 2.45) is 0 Å². The van der Waals surface area contributed by atoms with Gasteiger partial charge in [0.25, 0.3) is 0 Å². The van der Waals surface area contributed by atoms with E-state index < -0.39 is 5.97 Å². The smallest absolute Gasteiger partial charge is 0.355 e. The number of carbonyl (C=O) groups is 1. The minimum absolute atomic E-state index is 0.00392. The van der Waals surface area contributed by atoms with E-state index in [2.05, 4.69) is 11.9 Å². The van der Waals surface area contributed by atoms with Crippen LogP contribution in [0.3, 0.4) is 0 Å². The fraction of sp³-hybridized carbons (Fsp3) is 0.294. The third-order valence-electron chi connectivity index (χ3n) is 3.91. The average Bonchev–Trinajstić information content (AvgIpc) is 3.06. The summed E-state index contributed by atoms with van der Waals surface area (Å²) < 4.78 is 15.8. The summed E-state index contributed by atoms with van der Waals surface area (Å²) in [6, 6.07) is 4.62. The van der Waals surface area contributed by atoms with Crippen LogP contribution in [0.4, 0.5) is 4.39 Å². The number of nitrogens with zero attached hydrogens (tertiary/aromatic N) is 2. The Morgan fingerprint density at radius 2 is 2.25 bits per heavy atom. The number of thiophene rings is 1. The first-order valence-electron chi connectivity index (χ1n) is 7.65. The van der Waals surface area contributed by atoms with Crippen LogP contribution in [-0.2, 0) is 13.0 Å². The number of fused-ring (bicyclic) bond motifs is 1. The van der Waals surface area contributed by atoms with E-state index in [9.17, 15) is 14.3 Å². The maximum absolute atomic E-state index is 13.3. The second-order valence-corrected chi connectivity index (χ2v) is 6.83. The molecule has 0 radical (unpaired) electrons. The van der Waals surface area contributed by atoms with Crippen molar-refractivity contribution in [1.29, 1.82) is 0 Å². The summed E-state index contributed by atoms with van der Waals surface area (Å²) >= 11 is 7.48. The first kappa shape index (κ1) is 16.9. The largest absolute Gasteiger partial charge is 0.476 e. The number of hydrogen-bond donors (Lipinski definition) is 1. The molecule has 0 saturated carbocycles. The maximum Gasteiger partial charge on any atom is 0.355 e. The van der Waals surface area contributed by atoms with Crippen LogP contribution < -0.4 is 0 Å². The Morgan fingerprint density at radius 1 is 1.46 bits per heavy atom. The van der Waals surface area contributed by atoms with Gasteiger partial charge < -0.3 is 9.67 Å². The molecule has 4 nitrogen and oxygen atoms in total. The second kappa shape index (κ2) is 6.91. The Balaban J connectivity index is 2.05. The summed E-state index contributed by atoms with van der Waals surface area (Å²) in [5.74, 6) is -0.710. The molecule has 0 spiro atoms. The molecule has 2 heterocycles. The monoisotopic (exact) mass is 366 g/mol. The molecule has 0 aliphatic rings. The van der Waals surface area contributed by atoms with Gasteiger partial charge in [0.15, 0.2) is 10.8 Å². The van der Waals surface area contributed by atoms with Crippen LogP contribution in [0.2, 0.25) is 5.15 Å². The van der Waals surface area contributed by atoms with Gasteiger partial charge in [-0.15, -0.1) is 11.3 Å². The number of imidazole rings is 1. The number of carboxylic acids is 1. The molecule has 0 bridgehead atoms. The molecule has 2 aromatic heterocycles. The molecule has 3 aromatic rings. The SMILES string of the molecule is CCCCc1nc(Cl)c(C(=O)O)n1Cc1csc2cc(F)ccc12. The molecular weight excluding hydrogens is 351 g/mol. The van der Waals surface area contributed by atoms with Crippen LogP contribution >= 0.6 is 22.9 Å². The zero-order valence-electron chi connectivity index (χ0n) is 13.1. The van der Waals surface area contributed by atoms with Crippen molar-refractivity contribution in [2.45, 2.75) is 32.7 Å². The average molecular weight is 367 g/mol. The number of aromatic nitrogens is 2. The van der Waals surface area contributed by atoms with E-state index in [1.165, 1.54) is 23.5 Å². The number of aryl methyl sites for hydroxylation is 1. The number of benzene rings is 1. The zero-order chi connectivity index (χ0) is 17.3. The van der Waals surface area contributed by atoms with Crippen molar-refractivity contribution in [1.82, 2.24) is 9.55 Å². The Hall–Kier alpha value is -1.92. The summed E-state index contributed by atoms with van der Waals surface area (Å²) in [6.07, 6.45) is 2.55. The first-order valence-corrected chi connectivity index (χ1v) is 8.90. The van der Waals surface area contributed by atoms with Crippen LogP contribution in [0.1, 0.15) is 41.6 Å². The van der Waals surface area contributed by atoms with Crippen molar-refractivity contribution in [3.63, 3.8) is 0 Å². The molecule has 24 heavy (non-hydrogen) atoms. The fourth-order valence-electron chi connectivity index (χ4n) is 2.72. The Morgan fingerprint density at radius 3 is 2.96 bits per heavy atom. The normalized spacial score (nSPS) is 11.3. The number of rotatable bonds is 6. The lowest BCUT2D eigenvalue weighted by atomic mass is 10.1. The van der Waals surface area contributed by atoms with Crippen molar-refractivity contribution in [3.05, 3.63) is 51.6 Å². The Kier molecular flexibility index (Phi) is 4.87. The van der Waals surface area contributed by atoms with E-state index in [-0.39, 0.29) is 16.7 Å². The molecule has 0 aliphatic heterocycles. The highest BCUT2D eigenvalue weighted by Gasteiger charge is 2.22. The van der Waals surface area contributed by atoms with E-state index in [0.717, 1.165) is 28.5 Å². The fourth-order valence-corrected chi connectivity index (χ4v) is 3.97. The highest BCUT2D eigenvalue weighted by molar-refractivity contribution is 7.17. The predicted molar refractivity (Wildman–Crippen MR) is 93.7 cm³/mol. The molecule has 0 fully saturated rings. The Labute approximate surface area is 147 Å². The number of aromatic carboxylic acids is 1. The van der Waals surface area contributed by atoms with Gasteiger partial charge in [0.2, 0.25) is 0 Å². The quantitative estimate of drug-likeness (QED) is 0.669. The van der Waals surface area contributed by atoms with Gasteiger partial charge in [0, 0.05) is 11.1 Å². The van der Waals surface area contributed by atoms with Gasteiger partial charge >= 0.3 is 5.97 Å². The van der Waals surface area contributed by atoms with Crippen molar-refractivity contribution < 1.29 is 14.3 Å². The van der Waals surface area contributed by atoms with Gasteiger partial charge in [0.05, 0.1) is 6.54 Å². The molecule has 0 saturated heterocycles. The van der Waals surface area contributed by atoms with Crippen LogP contribution in [0, 0.1) is 5.82 Å². The van der Waals surface area contributed by atoms with Crippen molar-refractivity contribution in [3.8, 4) is 0 Å². The van der Waals surface area contributed by atoms with Gasteiger partial charge in [-0.1, -0.05) is 31.0 Å². The molecule has 7 heteroatoms. The summed E-state index contributed by atoms with van der Waals surface area (Å²) in [4.78, 5) is 15.8. The van der Waals surface area contributed by atoms with Crippen LogP contribution in [-0.4, -0.2) is 20.6 Å². The first-order chi connectivity index (χ1) is 11.5. The molecule has 1 N–H and O–H groups in total. The lowest BCUT2D eigenvalue weighted by Crippen LogP contribution is -2.12. The van der Waals surface area contributed by atoms with E-state index in [4.69, 9.17) is 11.6 Å². The number of unbranched alkanes of at least 4 members (excludes halogenated alkanes) is 1. The molecule has 3 rings (SSSR count). The molecule has 126 valence electrons. The lowest BCUT2D eigenvalue weighted by molar-refractivity contribution is 0.0685. The maximum atomic E-state index is 13.3. The van der Waals surface area contributed by atoms with Crippen LogP contribution in [0.5, 0.6) is 0 Å². The zero-order valence-corrected chi connectivity index (χ0v) is 14.6. The standard InChI is InChI=1S/C17H16ClFN2O2S/c1-2-3-4-14-20-16(18)15(17(22)23)21(14)8-10-9-24-13-7-11(19)5-6-12(10)13/h5-7,9H,2-4,8H2,1H3,(H,22,23). The molecule has 0 aliphatic carbocycles. The Bertz CT molecular complexity index is 904. The summed E-state index contributed by atoms with van der Waals surface area (Å²) in [7, 11) is 0. The van der Waals surface area contributed by atoms with Gasteiger partial charge in [-0.25, -0.2) is 14.2 Å². The number of carboxylic acid groups (broad SMARTS) is 1. The minimum atomic E-state index is -1.10. The molecular formula is C17H16ClFN2O2S. The second-order valence-electron chi connectivity index (χ2n) is 5.56. The topological polar surface area (TPSA) is 55.1 Å². The highest BCUT2D eigenvalue weighted by atomic mass is 35.5. The molecule has 0 atom stereocenters. The highest BCUT2D eigenvalue weighted by Crippen LogP contribution is 2.29. The third-order valence-corrected chi connectivity index (χ3v) is 5.16. The van der Waals surface area contributed by atoms with E-state index >= 15 is 0 Å². The third kappa shape index (κ3) is 3.16. The number of halogens is 2. The predicted octanol–water partition coefficient (Wildman–Crippen LogP) is 4.98. The van der Waals surface area contributed by atoms with E-state index in [1.807, 2.05) is 5.38 Å². The summed E-state index contributed by atoms with van der Waals surface area (Å²) in [5, 5.41) is 12.3. The van der Waals surface area contributed by atoms with Crippen molar-refractivity contribution in [2.75, 3.05) is 0 Å². The van der Waals surface area contributed by atoms with Gasteiger partial charge in [-0.3, -0.25) is 0 Å². The number of hydrogen-bond acceptors (Lipinski definition) is 3. The molecule has 0 unspecified atom stereocenters. The van der Waals surface area contributed by atoms with Gasteiger partial charge in [0.1, 0.15) is 11.6 Å². The van der Waals surface area contributed by atoms with E-state index in [0.29, 0.717) is 18.8 Å². The summed E-state index contributed by atoms with van der Waals surface area (Å²) in [5.41, 5.74) is 0.938. The molecule has 1 aromatic carbocycles. The molecule has 0 amide bonds.